The van der Waals surface area contributed by atoms with Crippen molar-refractivity contribution in [2.24, 2.45) is 0 Å². The number of rotatable bonds is 6. The van der Waals surface area contributed by atoms with Crippen molar-refractivity contribution in [2.45, 2.75) is 13.2 Å². The van der Waals surface area contributed by atoms with E-state index in [1.807, 2.05) is 30.3 Å². The molecule has 3 rings (SSSR count). The van der Waals surface area contributed by atoms with Crippen LogP contribution in [0, 0.1) is 23.7 Å². The molecule has 8 heteroatoms. The molecule has 0 atom stereocenters. The second kappa shape index (κ2) is 10.4. The molecule has 1 aromatic heterocycles. The monoisotopic (exact) mass is 449 g/mol. The third kappa shape index (κ3) is 7.06. The van der Waals surface area contributed by atoms with Crippen LogP contribution in [-0.2, 0) is 23.2 Å². The Kier molecular flexibility index (Phi) is 7.35. The lowest BCUT2D eigenvalue weighted by Gasteiger charge is -2.09. The van der Waals surface area contributed by atoms with Gasteiger partial charge in [0.1, 0.15) is 18.1 Å². The maximum atomic E-state index is 11.9. The fraction of sp³-hybridized carbons (Fsp3) is 0.125. The second-order valence-electron chi connectivity index (χ2n) is 6.62. The molecule has 32 heavy (non-hydrogen) atoms. The lowest BCUT2D eigenvalue weighted by Crippen LogP contribution is -2.22. The number of benzene rings is 2. The summed E-state index contributed by atoms with van der Waals surface area (Å²) < 4.78 is 35.6. The Morgan fingerprint density at radius 2 is 1.62 bits per heavy atom. The molecule has 0 bridgehead atoms. The van der Waals surface area contributed by atoms with E-state index >= 15 is 0 Å². The first kappa shape index (κ1) is 22.7. The van der Waals surface area contributed by atoms with E-state index in [9.17, 15) is 18.3 Å². The van der Waals surface area contributed by atoms with Gasteiger partial charge in [0.15, 0.2) is 5.76 Å². The average molecular weight is 449 g/mol. The van der Waals surface area contributed by atoms with Crippen LogP contribution in [0.1, 0.15) is 22.6 Å². The molecule has 7 nitrogen and oxygen atoms in total. The Labute approximate surface area is 185 Å². The molecule has 2 aromatic carbocycles. The van der Waals surface area contributed by atoms with Gasteiger partial charge in [-0.15, -0.1) is 0 Å². The highest BCUT2D eigenvalue weighted by atomic mass is 32.2. The van der Waals surface area contributed by atoms with Gasteiger partial charge in [-0.3, -0.25) is 4.79 Å². The van der Waals surface area contributed by atoms with E-state index in [2.05, 4.69) is 28.4 Å². The van der Waals surface area contributed by atoms with Crippen LogP contribution in [0.3, 0.4) is 0 Å². The first-order valence-electron chi connectivity index (χ1n) is 9.39. The van der Waals surface area contributed by atoms with Crippen molar-refractivity contribution >= 4 is 10.0 Å². The van der Waals surface area contributed by atoms with E-state index in [0.717, 1.165) is 23.4 Å². The van der Waals surface area contributed by atoms with Crippen LogP contribution in [0.4, 0.5) is 0 Å². The largest absolute Gasteiger partial charge is 0.502 e. The first-order valence-corrected chi connectivity index (χ1v) is 11.3. The number of aromatic hydroxyl groups is 1. The number of ether oxygens (including phenoxy) is 1. The van der Waals surface area contributed by atoms with Crippen molar-refractivity contribution in [1.82, 2.24) is 4.72 Å². The van der Waals surface area contributed by atoms with Crippen LogP contribution >= 0.6 is 0 Å². The minimum absolute atomic E-state index is 0.0883. The summed E-state index contributed by atoms with van der Waals surface area (Å²) in [7, 11) is -3.52. The summed E-state index contributed by atoms with van der Waals surface area (Å²) in [6.07, 6.45) is 0.957. The Morgan fingerprint density at radius 1 is 1.00 bits per heavy atom. The van der Waals surface area contributed by atoms with Crippen molar-refractivity contribution in [3.63, 3.8) is 0 Å². The highest BCUT2D eigenvalue weighted by Gasteiger charge is 2.13. The molecule has 0 unspecified atom stereocenters. The molecule has 0 fully saturated rings. The predicted molar refractivity (Wildman–Crippen MR) is 119 cm³/mol. The molecule has 0 radical (unpaired) electrons. The van der Waals surface area contributed by atoms with Crippen molar-refractivity contribution < 1.29 is 22.7 Å². The molecule has 0 aliphatic heterocycles. The van der Waals surface area contributed by atoms with Gasteiger partial charge in [-0.2, -0.15) is 0 Å². The van der Waals surface area contributed by atoms with Crippen molar-refractivity contribution in [1.29, 1.82) is 0 Å². The Balaban J connectivity index is 1.62. The van der Waals surface area contributed by atoms with Crippen LogP contribution in [0.5, 0.6) is 11.5 Å². The van der Waals surface area contributed by atoms with Crippen molar-refractivity contribution in [2.75, 3.05) is 6.26 Å². The predicted octanol–water partition coefficient (Wildman–Crippen LogP) is 2.38. The van der Waals surface area contributed by atoms with Gasteiger partial charge in [0.05, 0.1) is 12.8 Å². The zero-order valence-electron chi connectivity index (χ0n) is 17.1. The zero-order chi connectivity index (χ0) is 23.0. The van der Waals surface area contributed by atoms with Gasteiger partial charge < -0.3 is 14.3 Å². The molecule has 0 aliphatic carbocycles. The first-order chi connectivity index (χ1) is 15.3. The summed E-state index contributed by atoms with van der Waals surface area (Å²) in [6, 6.07) is 17.6. The van der Waals surface area contributed by atoms with Crippen LogP contribution < -0.4 is 14.9 Å². The highest BCUT2D eigenvalue weighted by molar-refractivity contribution is 7.88. The summed E-state index contributed by atoms with van der Waals surface area (Å²) in [5, 5.41) is 9.78. The molecule has 0 aliphatic rings. The summed E-state index contributed by atoms with van der Waals surface area (Å²) in [4.78, 5) is 11.9. The van der Waals surface area contributed by atoms with Crippen molar-refractivity contribution in [3.8, 4) is 35.2 Å². The molecule has 3 aromatic rings. The third-order valence-electron chi connectivity index (χ3n) is 4.02. The lowest BCUT2D eigenvalue weighted by atomic mass is 10.2. The fourth-order valence-electron chi connectivity index (χ4n) is 2.49. The topological polar surface area (TPSA) is 106 Å². The molecule has 0 saturated heterocycles. The fourth-order valence-corrected chi connectivity index (χ4v) is 2.89. The van der Waals surface area contributed by atoms with Crippen LogP contribution in [0.25, 0.3) is 0 Å². The minimum atomic E-state index is -3.52. The number of nitrogens with one attached hydrogen (secondary N) is 1. The van der Waals surface area contributed by atoms with Crippen LogP contribution in [0.2, 0.25) is 0 Å². The Bertz CT molecular complexity index is 1370. The van der Waals surface area contributed by atoms with Gasteiger partial charge in [-0.25, -0.2) is 13.1 Å². The summed E-state index contributed by atoms with van der Waals surface area (Å²) in [5.41, 5.74) is 0.953. The molecule has 0 amide bonds. The lowest BCUT2D eigenvalue weighted by molar-refractivity contribution is 0.256. The Morgan fingerprint density at radius 3 is 2.25 bits per heavy atom. The van der Waals surface area contributed by atoms with E-state index in [4.69, 9.17) is 9.15 Å². The number of hydrogen-bond donors (Lipinski definition) is 2. The molecule has 0 spiro atoms. The quantitative estimate of drug-likeness (QED) is 0.560. The minimum Gasteiger partial charge on any atom is -0.502 e. The SMILES string of the molecule is CS(=O)(=O)NCc1oc(COc2ccc(C#CC#Cc3ccccc3)cc2)cc(=O)c1O. The van der Waals surface area contributed by atoms with Crippen LogP contribution in [0.15, 0.2) is 69.9 Å². The van der Waals surface area contributed by atoms with E-state index < -0.39 is 21.2 Å². The normalized spacial score (nSPS) is 10.4. The Hall–Kier alpha value is -3.98. The molecule has 0 saturated carbocycles. The molecule has 1 heterocycles. The summed E-state index contributed by atoms with van der Waals surface area (Å²) in [6.45, 7) is -0.441. The highest BCUT2D eigenvalue weighted by Crippen LogP contribution is 2.17. The molecule has 162 valence electrons. The number of hydrogen-bond acceptors (Lipinski definition) is 6. The zero-order valence-corrected chi connectivity index (χ0v) is 17.9. The van der Waals surface area contributed by atoms with Crippen LogP contribution in [-0.4, -0.2) is 19.8 Å². The van der Waals surface area contributed by atoms with E-state index in [1.165, 1.54) is 0 Å². The molecule has 2 N–H and O–H groups in total. The van der Waals surface area contributed by atoms with Gasteiger partial charge >= 0.3 is 0 Å². The van der Waals surface area contributed by atoms with Crippen molar-refractivity contribution in [3.05, 3.63) is 93.5 Å². The molecular weight excluding hydrogens is 430 g/mol. The molecular formula is C24H19NO6S. The van der Waals surface area contributed by atoms with Gasteiger partial charge in [-0.1, -0.05) is 30.0 Å². The standard InChI is InChI=1S/C24H19NO6S/c1-32(28,29)25-16-23-24(27)22(26)15-21(31-23)17-30-20-13-11-19(12-14-20)10-6-5-9-18-7-3-2-4-8-18/h2-4,7-8,11-15,25,27H,16-17H2,1H3. The maximum absolute atomic E-state index is 11.9. The smallest absolute Gasteiger partial charge is 0.227 e. The van der Waals surface area contributed by atoms with E-state index in [0.29, 0.717) is 5.75 Å². The van der Waals surface area contributed by atoms with E-state index in [-0.39, 0.29) is 24.7 Å². The van der Waals surface area contributed by atoms with Gasteiger partial charge in [0, 0.05) is 17.2 Å². The summed E-state index contributed by atoms with van der Waals surface area (Å²) >= 11 is 0. The van der Waals surface area contributed by atoms with E-state index in [1.54, 1.807) is 24.3 Å². The van der Waals surface area contributed by atoms with Gasteiger partial charge in [0.25, 0.3) is 0 Å². The number of sulfonamides is 1. The summed E-state index contributed by atoms with van der Waals surface area (Å²) in [5.74, 6) is 11.3. The maximum Gasteiger partial charge on any atom is 0.227 e. The third-order valence-corrected chi connectivity index (χ3v) is 4.69. The average Bonchev–Trinajstić information content (AvgIpc) is 2.77. The van der Waals surface area contributed by atoms with Gasteiger partial charge in [0.2, 0.25) is 21.2 Å². The van der Waals surface area contributed by atoms with Gasteiger partial charge in [-0.05, 0) is 48.2 Å². The second-order valence-corrected chi connectivity index (χ2v) is 8.45.